The second kappa shape index (κ2) is 5.66. The van der Waals surface area contributed by atoms with E-state index in [1.807, 2.05) is 11.2 Å². The Kier molecular flexibility index (Phi) is 3.98. The van der Waals surface area contributed by atoms with Crippen LogP contribution in [0.2, 0.25) is 0 Å². The van der Waals surface area contributed by atoms with Gasteiger partial charge in [-0.1, -0.05) is 11.8 Å². The molecule has 3 rings (SSSR count). The van der Waals surface area contributed by atoms with E-state index in [-0.39, 0.29) is 17.5 Å². The molecule has 2 aromatic rings. The van der Waals surface area contributed by atoms with Gasteiger partial charge in [0.25, 0.3) is 0 Å². The van der Waals surface area contributed by atoms with Gasteiger partial charge >= 0.3 is 0 Å². The Hall–Kier alpha value is -1.41. The molecule has 118 valence electrons. The molecule has 8 heteroatoms. The molecular formula is C14H19N5OS2. The van der Waals surface area contributed by atoms with Gasteiger partial charge in [-0.05, 0) is 27.0 Å². The van der Waals surface area contributed by atoms with Crippen LogP contribution in [0.15, 0.2) is 10.7 Å². The molecule has 1 aliphatic rings. The molecule has 1 aliphatic heterocycles. The van der Waals surface area contributed by atoms with Crippen LogP contribution in [0, 0.1) is 0 Å². The molecule has 0 spiro atoms. The number of rotatable bonds is 3. The summed E-state index contributed by atoms with van der Waals surface area (Å²) in [6, 6.07) is 0.0738. The smallest absolute Gasteiger partial charge is 0.225 e. The fourth-order valence-electron chi connectivity index (χ4n) is 2.57. The van der Waals surface area contributed by atoms with Crippen LogP contribution < -0.4 is 5.32 Å². The van der Waals surface area contributed by atoms with Crippen LogP contribution >= 0.6 is 23.1 Å². The van der Waals surface area contributed by atoms with Gasteiger partial charge in [0.2, 0.25) is 5.91 Å². The fraction of sp³-hybridized carbons (Fsp3) is 0.571. The molecule has 1 amide bonds. The molecule has 0 saturated carbocycles. The van der Waals surface area contributed by atoms with Crippen molar-refractivity contribution in [2.75, 3.05) is 18.1 Å². The van der Waals surface area contributed by atoms with E-state index in [1.54, 1.807) is 23.1 Å². The maximum atomic E-state index is 12.2. The minimum atomic E-state index is -0.148. The number of hydrogen-bond acceptors (Lipinski definition) is 7. The number of nitrogens with one attached hydrogen (secondary N) is 1. The van der Waals surface area contributed by atoms with Gasteiger partial charge in [0, 0.05) is 18.5 Å². The Morgan fingerprint density at radius 2 is 2.18 bits per heavy atom. The highest BCUT2D eigenvalue weighted by Gasteiger charge is 2.36. The van der Waals surface area contributed by atoms with Gasteiger partial charge in [-0.25, -0.2) is 15.0 Å². The number of carbonyl (C=O) groups is 1. The first-order chi connectivity index (χ1) is 10.4. The van der Waals surface area contributed by atoms with Crippen LogP contribution in [0.25, 0.3) is 10.3 Å². The number of carbonyl (C=O) groups excluding carboxylic acids is 1. The number of aromatic nitrogens is 3. The van der Waals surface area contributed by atoms with E-state index in [1.165, 1.54) is 6.33 Å². The number of amides is 1. The summed E-state index contributed by atoms with van der Waals surface area (Å²) in [5.74, 6) is 0.959. The van der Waals surface area contributed by atoms with E-state index < -0.39 is 0 Å². The molecule has 3 heterocycles. The summed E-state index contributed by atoms with van der Waals surface area (Å²) < 4.78 is 1.92. The lowest BCUT2D eigenvalue weighted by Gasteiger charge is -2.32. The summed E-state index contributed by atoms with van der Waals surface area (Å²) in [6.45, 7) is 6.88. The Morgan fingerprint density at radius 3 is 2.82 bits per heavy atom. The van der Waals surface area contributed by atoms with Crippen LogP contribution in [0.3, 0.4) is 0 Å². The molecular weight excluding hydrogens is 318 g/mol. The Bertz CT molecular complexity index is 709. The average molecular weight is 337 g/mol. The zero-order chi connectivity index (χ0) is 15.9. The normalized spacial score (nSPS) is 19.2. The largest absolute Gasteiger partial charge is 0.364 e. The van der Waals surface area contributed by atoms with Gasteiger partial charge < -0.3 is 10.2 Å². The van der Waals surface area contributed by atoms with E-state index in [9.17, 15) is 4.79 Å². The number of thioether (sulfide) groups is 1. The van der Waals surface area contributed by atoms with Crippen molar-refractivity contribution in [1.29, 1.82) is 0 Å². The van der Waals surface area contributed by atoms with Gasteiger partial charge in [0.1, 0.15) is 16.8 Å². The summed E-state index contributed by atoms with van der Waals surface area (Å²) in [4.78, 5) is 27.1. The second-order valence-electron chi connectivity index (χ2n) is 6.28. The highest BCUT2D eigenvalue weighted by atomic mass is 32.2. The molecule has 1 N–H and O–H groups in total. The van der Waals surface area contributed by atoms with Crippen molar-refractivity contribution in [2.24, 2.45) is 0 Å². The predicted molar refractivity (Wildman–Crippen MR) is 90.5 cm³/mol. The van der Waals surface area contributed by atoms with Crippen molar-refractivity contribution in [2.45, 2.75) is 43.1 Å². The quantitative estimate of drug-likeness (QED) is 0.868. The lowest BCUT2D eigenvalue weighted by Crippen LogP contribution is -2.43. The number of fused-ring (bicyclic) bond motifs is 1. The van der Waals surface area contributed by atoms with Gasteiger partial charge in [-0.15, -0.1) is 11.3 Å². The first kappa shape index (κ1) is 15.5. The first-order valence-electron chi connectivity index (χ1n) is 7.11. The van der Waals surface area contributed by atoms with Crippen molar-refractivity contribution in [3.8, 4) is 0 Å². The monoisotopic (exact) mass is 337 g/mol. The van der Waals surface area contributed by atoms with Gasteiger partial charge in [-0.2, -0.15) is 0 Å². The van der Waals surface area contributed by atoms with Crippen LogP contribution in [-0.4, -0.2) is 50.1 Å². The van der Waals surface area contributed by atoms with E-state index in [0.29, 0.717) is 18.6 Å². The van der Waals surface area contributed by atoms with Crippen molar-refractivity contribution in [3.63, 3.8) is 0 Å². The Morgan fingerprint density at radius 1 is 1.41 bits per heavy atom. The van der Waals surface area contributed by atoms with Gasteiger partial charge in [0.05, 0.1) is 6.04 Å². The van der Waals surface area contributed by atoms with E-state index in [4.69, 9.17) is 0 Å². The van der Waals surface area contributed by atoms with Crippen molar-refractivity contribution in [3.05, 3.63) is 6.33 Å². The number of nitrogens with zero attached hydrogens (tertiary/aromatic N) is 4. The summed E-state index contributed by atoms with van der Waals surface area (Å²) in [5.41, 5.74) is 0.564. The second-order valence-corrected chi connectivity index (χ2v) is 8.33. The summed E-state index contributed by atoms with van der Waals surface area (Å²) in [6.07, 6.45) is 4.01. The van der Waals surface area contributed by atoms with Crippen molar-refractivity contribution < 1.29 is 4.79 Å². The van der Waals surface area contributed by atoms with Gasteiger partial charge in [-0.3, -0.25) is 4.79 Å². The van der Waals surface area contributed by atoms with Crippen molar-refractivity contribution >= 4 is 45.2 Å². The molecule has 0 aromatic carbocycles. The zero-order valence-corrected chi connectivity index (χ0v) is 14.7. The third kappa shape index (κ3) is 2.89. The van der Waals surface area contributed by atoms with Crippen LogP contribution in [0.4, 0.5) is 5.82 Å². The minimum absolute atomic E-state index is 0.0738. The van der Waals surface area contributed by atoms with Crippen LogP contribution in [-0.2, 0) is 4.79 Å². The highest BCUT2D eigenvalue weighted by molar-refractivity contribution is 8.00. The maximum Gasteiger partial charge on any atom is 0.225 e. The third-order valence-electron chi connectivity index (χ3n) is 3.62. The lowest BCUT2D eigenvalue weighted by atomic mass is 10.1. The standard InChI is InChI=1S/C14H19N5OS2/c1-14(2,3)19-6-8(5-9(19)20)17-11-10-12(16-7-15-11)18-13(21-4)22-10/h7-8H,5-6H2,1-4H3,(H,15,16,17). The molecule has 0 bridgehead atoms. The minimum Gasteiger partial charge on any atom is -0.364 e. The predicted octanol–water partition coefficient (Wildman–Crippen LogP) is 2.62. The Balaban J connectivity index is 1.82. The van der Waals surface area contributed by atoms with E-state index in [0.717, 1.165) is 14.9 Å². The molecule has 2 aromatic heterocycles. The number of thiazole rings is 1. The average Bonchev–Trinajstić information content (AvgIpc) is 3.02. The number of hydrogen-bond donors (Lipinski definition) is 1. The topological polar surface area (TPSA) is 71.0 Å². The SMILES string of the molecule is CSc1nc2ncnc(NC3CC(=O)N(C(C)(C)C)C3)c2s1. The number of likely N-dealkylation sites (tertiary alicyclic amines) is 1. The Labute approximate surface area is 137 Å². The van der Waals surface area contributed by atoms with Crippen LogP contribution in [0.5, 0.6) is 0 Å². The maximum absolute atomic E-state index is 12.2. The molecule has 6 nitrogen and oxygen atoms in total. The summed E-state index contributed by atoms with van der Waals surface area (Å²) in [7, 11) is 0. The molecule has 1 saturated heterocycles. The molecule has 0 aliphatic carbocycles. The lowest BCUT2D eigenvalue weighted by molar-refractivity contribution is -0.131. The molecule has 1 atom stereocenters. The highest BCUT2D eigenvalue weighted by Crippen LogP contribution is 2.32. The summed E-state index contributed by atoms with van der Waals surface area (Å²) >= 11 is 3.18. The van der Waals surface area contributed by atoms with Crippen LogP contribution in [0.1, 0.15) is 27.2 Å². The number of anilines is 1. The van der Waals surface area contributed by atoms with Gasteiger partial charge in [0.15, 0.2) is 9.99 Å². The van der Waals surface area contributed by atoms with E-state index >= 15 is 0 Å². The first-order valence-corrected chi connectivity index (χ1v) is 9.15. The van der Waals surface area contributed by atoms with Crippen molar-refractivity contribution in [1.82, 2.24) is 19.9 Å². The fourth-order valence-corrected chi connectivity index (χ4v) is 4.04. The molecule has 1 fully saturated rings. The molecule has 1 unspecified atom stereocenters. The van der Waals surface area contributed by atoms with E-state index in [2.05, 4.69) is 41.0 Å². The zero-order valence-electron chi connectivity index (χ0n) is 13.1. The molecule has 22 heavy (non-hydrogen) atoms. The third-order valence-corrected chi connectivity index (χ3v) is 5.66. The summed E-state index contributed by atoms with van der Waals surface area (Å²) in [5, 5.41) is 3.40. The molecule has 0 radical (unpaired) electrons.